The Kier molecular flexibility index (Phi) is 2.08. The van der Waals surface area contributed by atoms with Crippen molar-refractivity contribution in [2.75, 3.05) is 23.3 Å². The molecule has 2 nitrogen and oxygen atoms in total. The number of rotatable bonds is 1. The monoisotopic (exact) mass is 202 g/mol. The third-order valence-electron chi connectivity index (χ3n) is 3.68. The third-order valence-corrected chi connectivity index (χ3v) is 3.68. The Morgan fingerprint density at radius 1 is 1.40 bits per heavy atom. The molecule has 15 heavy (non-hydrogen) atoms. The van der Waals surface area contributed by atoms with E-state index >= 15 is 0 Å². The summed E-state index contributed by atoms with van der Waals surface area (Å²) in [7, 11) is 0. The molecule has 2 aliphatic rings. The number of nitrogens with one attached hydrogen (secondary N) is 1. The first-order valence-electron chi connectivity index (χ1n) is 5.98. The number of anilines is 2. The van der Waals surface area contributed by atoms with Crippen LogP contribution in [0.3, 0.4) is 0 Å². The molecule has 1 unspecified atom stereocenters. The molecule has 3 rings (SSSR count). The van der Waals surface area contributed by atoms with Crippen molar-refractivity contribution in [1.82, 2.24) is 0 Å². The molecule has 1 aromatic rings. The van der Waals surface area contributed by atoms with E-state index < -0.39 is 0 Å². The summed E-state index contributed by atoms with van der Waals surface area (Å²) in [5.41, 5.74) is 4.25. The van der Waals surface area contributed by atoms with E-state index in [9.17, 15) is 0 Å². The molecular formula is C13H18N2. The Bertz CT molecular complexity index is 373. The van der Waals surface area contributed by atoms with Crippen LogP contribution in [0.1, 0.15) is 25.3 Å². The second kappa shape index (κ2) is 3.44. The lowest BCUT2D eigenvalue weighted by Gasteiger charge is -2.24. The van der Waals surface area contributed by atoms with E-state index in [0.29, 0.717) is 0 Å². The van der Waals surface area contributed by atoms with E-state index in [4.69, 9.17) is 0 Å². The van der Waals surface area contributed by atoms with Crippen LogP contribution in [-0.2, 0) is 6.42 Å². The maximum atomic E-state index is 3.41. The zero-order chi connectivity index (χ0) is 10.3. The molecule has 1 atom stereocenters. The average Bonchev–Trinajstić information content (AvgIpc) is 2.84. The summed E-state index contributed by atoms with van der Waals surface area (Å²) in [4.78, 5) is 2.54. The largest absolute Gasteiger partial charge is 0.384 e. The SMILES string of the molecule is CC1CCCN1c1ccc2c(c1)CCN2. The van der Waals surface area contributed by atoms with Gasteiger partial charge in [-0.15, -0.1) is 0 Å². The van der Waals surface area contributed by atoms with Gasteiger partial charge in [0, 0.05) is 30.5 Å². The second-order valence-electron chi connectivity index (χ2n) is 4.70. The second-order valence-corrected chi connectivity index (χ2v) is 4.70. The minimum atomic E-state index is 0.720. The first-order valence-corrected chi connectivity index (χ1v) is 5.98. The van der Waals surface area contributed by atoms with Crippen LogP contribution in [0.25, 0.3) is 0 Å². The highest BCUT2D eigenvalue weighted by molar-refractivity contribution is 5.63. The lowest BCUT2D eigenvalue weighted by atomic mass is 10.1. The Hall–Kier alpha value is -1.18. The number of nitrogens with zero attached hydrogens (tertiary/aromatic N) is 1. The molecule has 0 saturated carbocycles. The van der Waals surface area contributed by atoms with E-state index in [1.54, 1.807) is 0 Å². The minimum absolute atomic E-state index is 0.720. The van der Waals surface area contributed by atoms with Gasteiger partial charge in [-0.25, -0.2) is 0 Å². The van der Waals surface area contributed by atoms with Gasteiger partial charge in [-0.2, -0.15) is 0 Å². The lowest BCUT2D eigenvalue weighted by molar-refractivity contribution is 0.735. The highest BCUT2D eigenvalue weighted by Crippen LogP contribution is 2.31. The summed E-state index contributed by atoms with van der Waals surface area (Å²) >= 11 is 0. The zero-order valence-electron chi connectivity index (χ0n) is 9.29. The molecule has 0 aromatic heterocycles. The maximum absolute atomic E-state index is 3.41. The highest BCUT2D eigenvalue weighted by atomic mass is 15.2. The summed E-state index contributed by atoms with van der Waals surface area (Å²) in [5.74, 6) is 0. The maximum Gasteiger partial charge on any atom is 0.0375 e. The first kappa shape index (κ1) is 9.08. The molecule has 80 valence electrons. The van der Waals surface area contributed by atoms with Gasteiger partial charge in [-0.3, -0.25) is 0 Å². The van der Waals surface area contributed by atoms with Crippen molar-refractivity contribution in [3.05, 3.63) is 23.8 Å². The van der Waals surface area contributed by atoms with E-state index in [-0.39, 0.29) is 0 Å². The Morgan fingerprint density at radius 2 is 2.33 bits per heavy atom. The van der Waals surface area contributed by atoms with Crippen molar-refractivity contribution < 1.29 is 0 Å². The highest BCUT2D eigenvalue weighted by Gasteiger charge is 2.21. The van der Waals surface area contributed by atoms with Crippen molar-refractivity contribution in [3.63, 3.8) is 0 Å². The Labute approximate surface area is 91.3 Å². The number of hydrogen-bond acceptors (Lipinski definition) is 2. The molecule has 1 N–H and O–H groups in total. The van der Waals surface area contributed by atoms with Crippen LogP contribution in [-0.4, -0.2) is 19.1 Å². The summed E-state index contributed by atoms with van der Waals surface area (Å²) in [6.45, 7) is 4.67. The number of benzene rings is 1. The van der Waals surface area contributed by atoms with Gasteiger partial charge in [0.15, 0.2) is 0 Å². The zero-order valence-corrected chi connectivity index (χ0v) is 9.29. The van der Waals surface area contributed by atoms with Crippen molar-refractivity contribution in [3.8, 4) is 0 Å². The van der Waals surface area contributed by atoms with Crippen LogP contribution in [0.5, 0.6) is 0 Å². The lowest BCUT2D eigenvalue weighted by Crippen LogP contribution is -2.26. The molecule has 0 radical (unpaired) electrons. The predicted octanol–water partition coefficient (Wildman–Crippen LogP) is 2.64. The smallest absolute Gasteiger partial charge is 0.0375 e. The predicted molar refractivity (Wildman–Crippen MR) is 64.7 cm³/mol. The van der Waals surface area contributed by atoms with Crippen LogP contribution in [0.4, 0.5) is 11.4 Å². The van der Waals surface area contributed by atoms with Gasteiger partial charge in [0.25, 0.3) is 0 Å². The van der Waals surface area contributed by atoms with Gasteiger partial charge in [0.05, 0.1) is 0 Å². The Morgan fingerprint density at radius 3 is 3.13 bits per heavy atom. The van der Waals surface area contributed by atoms with Crippen molar-refractivity contribution in [2.45, 2.75) is 32.2 Å². The molecule has 1 fully saturated rings. The molecule has 2 aliphatic heterocycles. The van der Waals surface area contributed by atoms with E-state index in [1.807, 2.05) is 0 Å². The van der Waals surface area contributed by atoms with Crippen LogP contribution in [0.2, 0.25) is 0 Å². The summed E-state index contributed by atoms with van der Waals surface area (Å²) < 4.78 is 0. The molecule has 0 amide bonds. The van der Waals surface area contributed by atoms with E-state index in [1.165, 1.54) is 42.7 Å². The fourth-order valence-electron chi connectivity index (χ4n) is 2.79. The van der Waals surface area contributed by atoms with Gasteiger partial charge in [0.1, 0.15) is 0 Å². The topological polar surface area (TPSA) is 15.3 Å². The van der Waals surface area contributed by atoms with Gasteiger partial charge in [0.2, 0.25) is 0 Å². The van der Waals surface area contributed by atoms with Crippen LogP contribution in [0.15, 0.2) is 18.2 Å². The van der Waals surface area contributed by atoms with E-state index in [2.05, 4.69) is 35.3 Å². The quantitative estimate of drug-likeness (QED) is 0.753. The molecule has 2 heteroatoms. The van der Waals surface area contributed by atoms with Crippen LogP contribution in [0, 0.1) is 0 Å². The fraction of sp³-hybridized carbons (Fsp3) is 0.538. The van der Waals surface area contributed by atoms with Gasteiger partial charge in [-0.1, -0.05) is 0 Å². The average molecular weight is 202 g/mol. The number of hydrogen-bond donors (Lipinski definition) is 1. The van der Waals surface area contributed by atoms with Gasteiger partial charge in [-0.05, 0) is 49.9 Å². The van der Waals surface area contributed by atoms with Gasteiger partial charge >= 0.3 is 0 Å². The summed E-state index contributed by atoms with van der Waals surface area (Å²) in [6, 6.07) is 7.59. The third kappa shape index (κ3) is 1.48. The molecular weight excluding hydrogens is 184 g/mol. The molecule has 0 aliphatic carbocycles. The minimum Gasteiger partial charge on any atom is -0.384 e. The van der Waals surface area contributed by atoms with Crippen LogP contribution < -0.4 is 10.2 Å². The Balaban J connectivity index is 1.92. The summed E-state index contributed by atoms with van der Waals surface area (Å²) in [6.07, 6.45) is 3.87. The fourth-order valence-corrected chi connectivity index (χ4v) is 2.79. The molecule has 2 heterocycles. The van der Waals surface area contributed by atoms with E-state index in [0.717, 1.165) is 12.6 Å². The van der Waals surface area contributed by atoms with Crippen LogP contribution >= 0.6 is 0 Å². The summed E-state index contributed by atoms with van der Waals surface area (Å²) in [5, 5.41) is 3.41. The number of fused-ring (bicyclic) bond motifs is 1. The molecule has 1 saturated heterocycles. The standard InChI is InChI=1S/C13H18N2/c1-10-3-2-8-15(10)12-4-5-13-11(9-12)6-7-14-13/h4-5,9-10,14H,2-3,6-8H2,1H3. The molecule has 0 spiro atoms. The molecule has 0 bridgehead atoms. The van der Waals surface area contributed by atoms with Crippen molar-refractivity contribution in [2.24, 2.45) is 0 Å². The normalized spacial score (nSPS) is 24.1. The first-order chi connectivity index (χ1) is 7.34. The van der Waals surface area contributed by atoms with Gasteiger partial charge < -0.3 is 10.2 Å². The van der Waals surface area contributed by atoms with Crippen molar-refractivity contribution >= 4 is 11.4 Å². The van der Waals surface area contributed by atoms with Crippen molar-refractivity contribution in [1.29, 1.82) is 0 Å². The molecule has 1 aromatic carbocycles.